The fourth-order valence-electron chi connectivity index (χ4n) is 3.48. The van der Waals surface area contributed by atoms with Gasteiger partial charge in [0.15, 0.2) is 0 Å². The topological polar surface area (TPSA) is 81.6 Å². The van der Waals surface area contributed by atoms with Crippen molar-refractivity contribution in [3.8, 4) is 10.6 Å². The van der Waals surface area contributed by atoms with Gasteiger partial charge < -0.3 is 20.2 Å². The van der Waals surface area contributed by atoms with Gasteiger partial charge in [-0.1, -0.05) is 17.7 Å². The van der Waals surface area contributed by atoms with Crippen molar-refractivity contribution in [2.45, 2.75) is 6.42 Å². The number of aromatic carboxylic acids is 1. The summed E-state index contributed by atoms with van der Waals surface area (Å²) in [6.07, 6.45) is 2.63. The monoisotopic (exact) mass is 553 g/mol. The molecular weight excluding hydrogens is 528 g/mol. The number of hydrogen-bond donors (Lipinski definition) is 2. The first-order valence-electron chi connectivity index (χ1n) is 9.94. The number of carbonyl (C=O) groups is 1. The van der Waals surface area contributed by atoms with Crippen molar-refractivity contribution in [1.29, 1.82) is 0 Å². The van der Waals surface area contributed by atoms with Gasteiger partial charge in [-0.25, -0.2) is 14.8 Å². The third-order valence-corrected chi connectivity index (χ3v) is 6.66. The summed E-state index contributed by atoms with van der Waals surface area (Å²) in [4.78, 5) is 25.9. The largest absolute Gasteiger partial charge is 0.478 e. The second-order valence-electron chi connectivity index (χ2n) is 7.48. The second-order valence-corrected chi connectivity index (χ2v) is 8.97. The fourth-order valence-corrected chi connectivity index (χ4v) is 4.83. The molecule has 182 valence electrons. The molecule has 1 saturated heterocycles. The Morgan fingerprint density at radius 1 is 1.18 bits per heavy atom. The zero-order chi connectivity index (χ0) is 21.1. The van der Waals surface area contributed by atoms with Crippen molar-refractivity contribution in [2.75, 3.05) is 51.6 Å². The maximum absolute atomic E-state index is 11.2. The molecule has 1 aromatic carbocycles. The smallest absolute Gasteiger partial charge is 0.335 e. The Labute approximate surface area is 220 Å². The van der Waals surface area contributed by atoms with Gasteiger partial charge in [0.2, 0.25) is 5.95 Å². The lowest BCUT2D eigenvalue weighted by molar-refractivity contribution is 0.0697. The summed E-state index contributed by atoms with van der Waals surface area (Å²) in [6, 6.07) is 7.08. The van der Waals surface area contributed by atoms with E-state index >= 15 is 0 Å². The second kappa shape index (κ2) is 13.5. The number of fused-ring (bicyclic) bond motifs is 1. The summed E-state index contributed by atoms with van der Waals surface area (Å²) < 4.78 is 0.890. The maximum atomic E-state index is 11.2. The molecular formula is C21H27Cl4N5O2S. The molecule has 0 bridgehead atoms. The van der Waals surface area contributed by atoms with Crippen molar-refractivity contribution in [1.82, 2.24) is 19.8 Å². The van der Waals surface area contributed by atoms with Crippen molar-refractivity contribution in [3.63, 3.8) is 0 Å². The molecule has 7 nitrogen and oxygen atoms in total. The average molecular weight is 555 g/mol. The van der Waals surface area contributed by atoms with Crippen LogP contribution in [0.5, 0.6) is 0 Å². The molecule has 1 fully saturated rings. The zero-order valence-electron chi connectivity index (χ0n) is 18.0. The number of carboxylic acids is 1. The SMILES string of the molecule is CN1CCN(CCCNc2ncc(Cl)c(-c3cc4ccc(C(=O)O)cc4s3)n2)CC1.Cl.Cl.Cl. The van der Waals surface area contributed by atoms with E-state index in [4.69, 9.17) is 11.6 Å². The molecule has 12 heteroatoms. The maximum Gasteiger partial charge on any atom is 0.335 e. The van der Waals surface area contributed by atoms with Gasteiger partial charge in [-0.05, 0) is 43.6 Å². The Bertz CT molecular complexity index is 1060. The number of anilines is 1. The van der Waals surface area contributed by atoms with Crippen molar-refractivity contribution in [2.24, 2.45) is 0 Å². The van der Waals surface area contributed by atoms with Gasteiger partial charge in [0.25, 0.3) is 0 Å². The molecule has 0 unspecified atom stereocenters. The van der Waals surface area contributed by atoms with Gasteiger partial charge >= 0.3 is 5.97 Å². The molecule has 0 spiro atoms. The summed E-state index contributed by atoms with van der Waals surface area (Å²) in [6.45, 7) is 6.34. The lowest BCUT2D eigenvalue weighted by Gasteiger charge is -2.32. The van der Waals surface area contributed by atoms with Crippen molar-refractivity contribution < 1.29 is 9.90 Å². The van der Waals surface area contributed by atoms with E-state index in [0.29, 0.717) is 16.7 Å². The predicted molar refractivity (Wildman–Crippen MR) is 144 cm³/mol. The van der Waals surface area contributed by atoms with Gasteiger partial charge in [0, 0.05) is 37.4 Å². The van der Waals surface area contributed by atoms with Crippen LogP contribution in [0.1, 0.15) is 16.8 Å². The Balaban J connectivity index is 0.00000181. The third kappa shape index (κ3) is 7.55. The quantitative estimate of drug-likeness (QED) is 0.396. The number of benzene rings is 1. The van der Waals surface area contributed by atoms with E-state index in [9.17, 15) is 9.90 Å². The standard InChI is InChI=1S/C21H24ClN5O2S.3ClH/c1-26-7-9-27(10-8-26)6-2-5-23-21-24-13-16(22)19(25-21)18-11-14-3-4-15(20(28)29)12-17(14)30-18;;;/h3-4,11-13H,2,5-10H2,1H3,(H,28,29)(H,23,24,25);3*1H. The molecule has 0 saturated carbocycles. The minimum Gasteiger partial charge on any atom is -0.478 e. The van der Waals surface area contributed by atoms with Crippen LogP contribution in [0.3, 0.4) is 0 Å². The van der Waals surface area contributed by atoms with Crippen LogP contribution in [0.25, 0.3) is 20.7 Å². The molecule has 0 atom stereocenters. The molecule has 0 aliphatic carbocycles. The molecule has 3 aromatic rings. The first-order valence-corrected chi connectivity index (χ1v) is 11.1. The number of nitrogens with zero attached hydrogens (tertiary/aromatic N) is 4. The van der Waals surface area contributed by atoms with E-state index in [2.05, 4.69) is 32.1 Å². The molecule has 1 aliphatic rings. The average Bonchev–Trinajstić information content (AvgIpc) is 3.16. The Kier molecular flexibility index (Phi) is 12.1. The fraction of sp³-hybridized carbons (Fsp3) is 0.381. The molecule has 2 N–H and O–H groups in total. The lowest BCUT2D eigenvalue weighted by atomic mass is 10.1. The lowest BCUT2D eigenvalue weighted by Crippen LogP contribution is -2.44. The van der Waals surface area contributed by atoms with E-state index in [0.717, 1.165) is 60.7 Å². The van der Waals surface area contributed by atoms with Crippen LogP contribution in [0, 0.1) is 0 Å². The van der Waals surface area contributed by atoms with Crippen LogP contribution in [0.2, 0.25) is 5.02 Å². The number of hydrogen-bond acceptors (Lipinski definition) is 7. The molecule has 3 heterocycles. The Hall–Kier alpha value is -1.39. The van der Waals surface area contributed by atoms with Crippen molar-refractivity contribution in [3.05, 3.63) is 41.0 Å². The summed E-state index contributed by atoms with van der Waals surface area (Å²) in [5, 5.41) is 13.9. The highest BCUT2D eigenvalue weighted by Gasteiger charge is 2.14. The number of halogens is 4. The van der Waals surface area contributed by atoms with Gasteiger partial charge in [0.05, 0.1) is 21.7 Å². The first kappa shape index (κ1) is 29.6. The van der Waals surface area contributed by atoms with E-state index in [-0.39, 0.29) is 42.8 Å². The highest BCUT2D eigenvalue weighted by Crippen LogP contribution is 2.36. The minimum atomic E-state index is -0.935. The normalized spacial score (nSPS) is 14.1. The number of nitrogens with one attached hydrogen (secondary N) is 1. The molecule has 4 rings (SSSR count). The Morgan fingerprint density at radius 3 is 2.61 bits per heavy atom. The molecule has 2 aromatic heterocycles. The third-order valence-electron chi connectivity index (χ3n) is 5.27. The van der Waals surface area contributed by atoms with E-state index in [1.54, 1.807) is 18.3 Å². The van der Waals surface area contributed by atoms with Crippen LogP contribution in [-0.2, 0) is 0 Å². The number of piperazine rings is 1. The van der Waals surface area contributed by atoms with E-state index < -0.39 is 5.97 Å². The molecule has 1 aliphatic heterocycles. The molecule has 0 amide bonds. The number of likely N-dealkylation sites (N-methyl/N-ethyl adjacent to an activating group) is 1. The molecule has 0 radical (unpaired) electrons. The van der Waals surface area contributed by atoms with Gasteiger partial charge in [-0.3, -0.25) is 0 Å². The zero-order valence-corrected chi connectivity index (χ0v) is 22.0. The summed E-state index contributed by atoms with van der Waals surface area (Å²) in [5.41, 5.74) is 0.929. The Morgan fingerprint density at radius 2 is 1.91 bits per heavy atom. The van der Waals surface area contributed by atoms with E-state index in [1.165, 1.54) is 11.3 Å². The molecule has 33 heavy (non-hydrogen) atoms. The van der Waals surface area contributed by atoms with Crippen LogP contribution < -0.4 is 5.32 Å². The summed E-state index contributed by atoms with van der Waals surface area (Å²) in [7, 11) is 2.16. The highest BCUT2D eigenvalue weighted by atomic mass is 35.5. The van der Waals surface area contributed by atoms with Crippen LogP contribution >= 0.6 is 60.2 Å². The van der Waals surface area contributed by atoms with Crippen LogP contribution in [0.15, 0.2) is 30.5 Å². The first-order chi connectivity index (χ1) is 14.5. The van der Waals surface area contributed by atoms with Crippen LogP contribution in [-0.4, -0.2) is 77.2 Å². The summed E-state index contributed by atoms with van der Waals surface area (Å²) in [5.74, 6) is -0.383. The van der Waals surface area contributed by atoms with Gasteiger partial charge in [-0.2, -0.15) is 0 Å². The number of rotatable bonds is 7. The van der Waals surface area contributed by atoms with Gasteiger partial charge in [-0.15, -0.1) is 48.6 Å². The summed E-state index contributed by atoms with van der Waals surface area (Å²) >= 11 is 7.84. The van der Waals surface area contributed by atoms with Crippen molar-refractivity contribution >= 4 is 82.2 Å². The number of carboxylic acid groups (broad SMARTS) is 1. The van der Waals surface area contributed by atoms with E-state index in [1.807, 2.05) is 12.1 Å². The number of aromatic nitrogens is 2. The van der Waals surface area contributed by atoms with Gasteiger partial charge in [0.1, 0.15) is 5.69 Å². The minimum absolute atomic E-state index is 0. The highest BCUT2D eigenvalue weighted by molar-refractivity contribution is 7.22. The van der Waals surface area contributed by atoms with Crippen LogP contribution in [0.4, 0.5) is 5.95 Å². The number of thiophene rings is 1. The predicted octanol–water partition coefficient (Wildman–Crippen LogP) is 5.02.